The average molecular weight is 239 g/mol. The van der Waals surface area contributed by atoms with Gasteiger partial charge in [-0.3, -0.25) is 4.79 Å². The van der Waals surface area contributed by atoms with Crippen molar-refractivity contribution in [1.29, 1.82) is 0 Å². The lowest BCUT2D eigenvalue weighted by Gasteiger charge is -2.35. The maximum absolute atomic E-state index is 13.2. The predicted molar refractivity (Wildman–Crippen MR) is 60.3 cm³/mol. The fourth-order valence-corrected chi connectivity index (χ4v) is 2.42. The van der Waals surface area contributed by atoms with E-state index < -0.39 is 11.6 Å². The highest BCUT2D eigenvalue weighted by atomic mass is 19.1. The molecule has 17 heavy (non-hydrogen) atoms. The molecule has 0 spiro atoms. The zero-order chi connectivity index (χ0) is 12.4. The first-order chi connectivity index (χ1) is 8.08. The van der Waals surface area contributed by atoms with Crippen molar-refractivity contribution in [3.05, 3.63) is 35.4 Å². The summed E-state index contributed by atoms with van der Waals surface area (Å²) in [5, 5.41) is 0. The van der Waals surface area contributed by atoms with Crippen molar-refractivity contribution in [1.82, 2.24) is 4.90 Å². The Hall–Kier alpha value is -1.45. The highest BCUT2D eigenvalue weighted by molar-refractivity contribution is 5.74. The molecule has 0 bridgehead atoms. The third kappa shape index (κ3) is 2.62. The number of amides is 1. The highest BCUT2D eigenvalue weighted by Crippen LogP contribution is 2.31. The van der Waals surface area contributed by atoms with Crippen LogP contribution in [0.2, 0.25) is 0 Å². The van der Waals surface area contributed by atoms with Gasteiger partial charge < -0.3 is 4.90 Å². The number of piperidine rings is 1. The Morgan fingerprint density at radius 1 is 1.24 bits per heavy atom. The predicted octanol–water partition coefficient (Wildman–Crippen LogP) is 3.04. The lowest BCUT2D eigenvalue weighted by atomic mass is 9.95. The summed E-state index contributed by atoms with van der Waals surface area (Å²) in [7, 11) is 0. The summed E-state index contributed by atoms with van der Waals surface area (Å²) in [4.78, 5) is 13.2. The van der Waals surface area contributed by atoms with Crippen LogP contribution in [0.3, 0.4) is 0 Å². The summed E-state index contributed by atoms with van der Waals surface area (Å²) in [5.74, 6) is -1.22. The molecule has 1 fully saturated rings. The van der Waals surface area contributed by atoms with Crippen molar-refractivity contribution < 1.29 is 13.6 Å². The molecule has 1 unspecified atom stereocenters. The number of carbonyl (C=O) groups is 1. The number of hydrogen-bond acceptors (Lipinski definition) is 1. The summed E-state index contributed by atoms with van der Waals surface area (Å²) in [6.07, 6.45) is 2.70. The van der Waals surface area contributed by atoms with Gasteiger partial charge in [0.05, 0.1) is 6.04 Å². The Kier molecular flexibility index (Phi) is 3.41. The molecule has 1 aromatic carbocycles. The van der Waals surface area contributed by atoms with Gasteiger partial charge in [-0.1, -0.05) is 0 Å². The third-order valence-corrected chi connectivity index (χ3v) is 3.18. The van der Waals surface area contributed by atoms with Crippen LogP contribution in [0, 0.1) is 11.6 Å². The van der Waals surface area contributed by atoms with E-state index in [0.717, 1.165) is 25.3 Å². The van der Waals surface area contributed by atoms with E-state index in [2.05, 4.69) is 0 Å². The van der Waals surface area contributed by atoms with Crippen molar-refractivity contribution in [2.75, 3.05) is 6.54 Å². The standard InChI is InChI=1S/C13H15F2NO/c1-9(17)16-5-3-2-4-13(16)10-6-11(14)8-12(15)7-10/h6-8,13H,2-5H2,1H3. The molecule has 0 N–H and O–H groups in total. The lowest BCUT2D eigenvalue weighted by Crippen LogP contribution is -2.37. The van der Waals surface area contributed by atoms with E-state index in [-0.39, 0.29) is 11.9 Å². The van der Waals surface area contributed by atoms with Crippen LogP contribution in [0.4, 0.5) is 8.78 Å². The molecule has 1 amide bonds. The summed E-state index contributed by atoms with van der Waals surface area (Å²) < 4.78 is 26.3. The average Bonchev–Trinajstić information content (AvgIpc) is 2.27. The van der Waals surface area contributed by atoms with Gasteiger partial charge in [-0.05, 0) is 37.0 Å². The van der Waals surface area contributed by atoms with Crippen molar-refractivity contribution in [2.24, 2.45) is 0 Å². The second-order valence-electron chi connectivity index (χ2n) is 4.43. The van der Waals surface area contributed by atoms with Gasteiger partial charge >= 0.3 is 0 Å². The fraction of sp³-hybridized carbons (Fsp3) is 0.462. The molecular formula is C13H15F2NO. The van der Waals surface area contributed by atoms with E-state index in [4.69, 9.17) is 0 Å². The Labute approximate surface area is 99.2 Å². The van der Waals surface area contributed by atoms with Gasteiger partial charge in [0.2, 0.25) is 5.91 Å². The van der Waals surface area contributed by atoms with E-state index in [9.17, 15) is 13.6 Å². The first-order valence-corrected chi connectivity index (χ1v) is 5.81. The van der Waals surface area contributed by atoms with Crippen LogP contribution in [-0.4, -0.2) is 17.4 Å². The minimum absolute atomic E-state index is 0.0423. The third-order valence-electron chi connectivity index (χ3n) is 3.18. The number of likely N-dealkylation sites (tertiary alicyclic amines) is 1. The van der Waals surface area contributed by atoms with Crippen LogP contribution in [0.15, 0.2) is 18.2 Å². The van der Waals surface area contributed by atoms with Crippen LogP contribution >= 0.6 is 0 Å². The minimum atomic E-state index is -0.589. The second kappa shape index (κ2) is 4.82. The number of halogens is 2. The Bertz CT molecular complexity index is 413. The summed E-state index contributed by atoms with van der Waals surface area (Å²) in [6, 6.07) is 3.29. The van der Waals surface area contributed by atoms with Crippen LogP contribution in [0.1, 0.15) is 37.8 Å². The molecule has 1 heterocycles. The number of rotatable bonds is 1. The van der Waals surface area contributed by atoms with Crippen molar-refractivity contribution in [3.8, 4) is 0 Å². The van der Waals surface area contributed by atoms with Crippen LogP contribution < -0.4 is 0 Å². The number of benzene rings is 1. The molecule has 1 aromatic rings. The maximum Gasteiger partial charge on any atom is 0.219 e. The molecule has 0 radical (unpaired) electrons. The van der Waals surface area contributed by atoms with E-state index >= 15 is 0 Å². The lowest BCUT2D eigenvalue weighted by molar-refractivity contribution is -0.132. The summed E-state index contributed by atoms with van der Waals surface area (Å²) in [5.41, 5.74) is 0.553. The maximum atomic E-state index is 13.2. The molecule has 1 aliphatic rings. The summed E-state index contributed by atoms with van der Waals surface area (Å²) in [6.45, 7) is 2.16. The Balaban J connectivity index is 2.32. The van der Waals surface area contributed by atoms with Crippen LogP contribution in [0.25, 0.3) is 0 Å². The van der Waals surface area contributed by atoms with Gasteiger partial charge in [-0.15, -0.1) is 0 Å². The molecule has 1 atom stereocenters. The van der Waals surface area contributed by atoms with Crippen LogP contribution in [0.5, 0.6) is 0 Å². The number of carbonyl (C=O) groups excluding carboxylic acids is 1. The molecule has 2 nitrogen and oxygen atoms in total. The van der Waals surface area contributed by atoms with E-state index in [1.165, 1.54) is 19.1 Å². The van der Waals surface area contributed by atoms with E-state index in [1.54, 1.807) is 4.90 Å². The molecule has 2 rings (SSSR count). The number of hydrogen-bond donors (Lipinski definition) is 0. The zero-order valence-electron chi connectivity index (χ0n) is 9.75. The Morgan fingerprint density at radius 2 is 1.88 bits per heavy atom. The molecule has 0 aliphatic carbocycles. The summed E-state index contributed by atoms with van der Waals surface area (Å²) >= 11 is 0. The molecule has 1 saturated heterocycles. The normalized spacial score (nSPS) is 20.4. The monoisotopic (exact) mass is 239 g/mol. The topological polar surface area (TPSA) is 20.3 Å². The smallest absolute Gasteiger partial charge is 0.219 e. The number of nitrogens with zero attached hydrogens (tertiary/aromatic N) is 1. The molecular weight excluding hydrogens is 224 g/mol. The molecule has 4 heteroatoms. The minimum Gasteiger partial charge on any atom is -0.336 e. The Morgan fingerprint density at radius 3 is 2.47 bits per heavy atom. The highest BCUT2D eigenvalue weighted by Gasteiger charge is 2.26. The van der Waals surface area contributed by atoms with E-state index in [1.807, 2.05) is 0 Å². The van der Waals surface area contributed by atoms with Gasteiger partial charge in [0.25, 0.3) is 0 Å². The SMILES string of the molecule is CC(=O)N1CCCCC1c1cc(F)cc(F)c1. The van der Waals surface area contributed by atoms with Gasteiger partial charge in [-0.25, -0.2) is 8.78 Å². The quantitative estimate of drug-likeness (QED) is 0.737. The molecule has 1 aliphatic heterocycles. The fourth-order valence-electron chi connectivity index (χ4n) is 2.42. The van der Waals surface area contributed by atoms with Gasteiger partial charge in [0.1, 0.15) is 11.6 Å². The first kappa shape index (κ1) is 12.0. The largest absolute Gasteiger partial charge is 0.336 e. The van der Waals surface area contributed by atoms with Gasteiger partial charge in [0, 0.05) is 19.5 Å². The van der Waals surface area contributed by atoms with Crippen molar-refractivity contribution in [3.63, 3.8) is 0 Å². The van der Waals surface area contributed by atoms with Crippen molar-refractivity contribution >= 4 is 5.91 Å². The molecule has 0 aromatic heterocycles. The second-order valence-corrected chi connectivity index (χ2v) is 4.43. The zero-order valence-corrected chi connectivity index (χ0v) is 9.75. The van der Waals surface area contributed by atoms with E-state index in [0.29, 0.717) is 12.1 Å². The molecule has 0 saturated carbocycles. The van der Waals surface area contributed by atoms with Gasteiger partial charge in [-0.2, -0.15) is 0 Å². The first-order valence-electron chi connectivity index (χ1n) is 5.81. The van der Waals surface area contributed by atoms with Crippen LogP contribution in [-0.2, 0) is 4.79 Å². The van der Waals surface area contributed by atoms with Gasteiger partial charge in [0.15, 0.2) is 0 Å². The molecule has 92 valence electrons. The van der Waals surface area contributed by atoms with Crippen molar-refractivity contribution in [2.45, 2.75) is 32.2 Å².